The van der Waals surface area contributed by atoms with Gasteiger partial charge >= 0.3 is 0 Å². The minimum Gasteiger partial charge on any atom is -0.379 e. The molecule has 0 aliphatic carbocycles. The lowest BCUT2D eigenvalue weighted by Crippen LogP contribution is -2.48. The molecule has 5 rings (SSSR count). The molecule has 36 heavy (non-hydrogen) atoms. The SMILES string of the molecule is CC[C@H]1N[C@@H](C(=O)NCCN2CCOCC2)[C@H](c2cccc(Cl)c2)[C@@]12C(=O)Nc1cc(Cl)c(F)cc12. The number of amides is 2. The standard InChI is InChI=1S/C26H29Cl2FN4O3/c1-2-21-26(17-13-19(29)18(28)14-20(17)31-25(26)35)22(15-4-3-5-16(27)12-15)23(32-21)24(34)30-6-7-33-8-10-36-11-9-33/h3-5,12-14,21-23,32H,2,6-11H2,1H3,(H,30,34)(H,31,35)/t21-,22+,23-,26+/m1/s1. The van der Waals surface area contributed by atoms with E-state index in [0.29, 0.717) is 49.0 Å². The monoisotopic (exact) mass is 534 g/mol. The highest BCUT2D eigenvalue weighted by atomic mass is 35.5. The number of nitrogens with one attached hydrogen (secondary N) is 3. The molecule has 0 radical (unpaired) electrons. The molecule has 1 spiro atoms. The van der Waals surface area contributed by atoms with Crippen molar-refractivity contribution in [2.24, 2.45) is 0 Å². The van der Waals surface area contributed by atoms with Crippen LogP contribution < -0.4 is 16.0 Å². The number of rotatable bonds is 6. The van der Waals surface area contributed by atoms with Crippen molar-refractivity contribution in [1.29, 1.82) is 0 Å². The van der Waals surface area contributed by atoms with E-state index in [9.17, 15) is 14.0 Å². The van der Waals surface area contributed by atoms with Crippen LogP contribution in [0.5, 0.6) is 0 Å². The lowest BCUT2D eigenvalue weighted by atomic mass is 9.64. The molecule has 0 unspecified atom stereocenters. The third kappa shape index (κ3) is 4.29. The van der Waals surface area contributed by atoms with Crippen molar-refractivity contribution in [3.63, 3.8) is 0 Å². The molecule has 3 aliphatic heterocycles. The Morgan fingerprint density at radius 3 is 2.75 bits per heavy atom. The van der Waals surface area contributed by atoms with Gasteiger partial charge in [0, 0.05) is 48.8 Å². The van der Waals surface area contributed by atoms with Gasteiger partial charge in [0.15, 0.2) is 0 Å². The Morgan fingerprint density at radius 2 is 2.03 bits per heavy atom. The number of carbonyl (C=O) groups is 2. The van der Waals surface area contributed by atoms with E-state index in [1.165, 1.54) is 12.1 Å². The van der Waals surface area contributed by atoms with E-state index >= 15 is 0 Å². The summed E-state index contributed by atoms with van der Waals surface area (Å²) in [6.07, 6.45) is 0.547. The van der Waals surface area contributed by atoms with Gasteiger partial charge in [0.25, 0.3) is 0 Å². The summed E-state index contributed by atoms with van der Waals surface area (Å²) in [5.74, 6) is -1.72. The van der Waals surface area contributed by atoms with Crippen LogP contribution in [0.1, 0.15) is 30.4 Å². The van der Waals surface area contributed by atoms with Crippen molar-refractivity contribution < 1.29 is 18.7 Å². The van der Waals surface area contributed by atoms with Gasteiger partial charge in [-0.05, 0) is 41.8 Å². The number of morpholine rings is 1. The molecule has 4 atom stereocenters. The summed E-state index contributed by atoms with van der Waals surface area (Å²) in [5.41, 5.74) is 0.485. The molecule has 2 aromatic carbocycles. The highest BCUT2D eigenvalue weighted by Gasteiger charge is 2.65. The summed E-state index contributed by atoms with van der Waals surface area (Å²) < 4.78 is 20.1. The van der Waals surface area contributed by atoms with E-state index in [1.54, 1.807) is 18.2 Å². The number of hydrogen-bond donors (Lipinski definition) is 3. The summed E-state index contributed by atoms with van der Waals surface area (Å²) in [6.45, 7) is 6.15. The predicted octanol–water partition coefficient (Wildman–Crippen LogP) is 3.31. The van der Waals surface area contributed by atoms with Crippen molar-refractivity contribution in [3.05, 3.63) is 63.4 Å². The maximum absolute atomic E-state index is 14.8. The molecule has 7 nitrogen and oxygen atoms in total. The van der Waals surface area contributed by atoms with Crippen molar-refractivity contribution in [1.82, 2.24) is 15.5 Å². The molecule has 2 saturated heterocycles. The summed E-state index contributed by atoms with van der Waals surface area (Å²) in [6, 6.07) is 8.81. The Balaban J connectivity index is 1.53. The lowest BCUT2D eigenvalue weighted by Gasteiger charge is -2.35. The minimum atomic E-state index is -1.22. The molecule has 0 bridgehead atoms. The smallest absolute Gasteiger partial charge is 0.237 e. The highest BCUT2D eigenvalue weighted by molar-refractivity contribution is 6.31. The van der Waals surface area contributed by atoms with Gasteiger partial charge in [-0.25, -0.2) is 4.39 Å². The fraction of sp³-hybridized carbons (Fsp3) is 0.462. The number of anilines is 1. The van der Waals surface area contributed by atoms with E-state index in [4.69, 9.17) is 27.9 Å². The Bertz CT molecular complexity index is 1180. The zero-order valence-electron chi connectivity index (χ0n) is 20.0. The normalized spacial score (nSPS) is 27.8. The summed E-state index contributed by atoms with van der Waals surface area (Å²) in [7, 11) is 0. The van der Waals surface area contributed by atoms with Crippen LogP contribution in [0.3, 0.4) is 0 Å². The summed E-state index contributed by atoms with van der Waals surface area (Å²) in [5, 5.41) is 9.82. The first-order valence-corrected chi connectivity index (χ1v) is 13.0. The van der Waals surface area contributed by atoms with Gasteiger partial charge in [0.05, 0.1) is 24.3 Å². The third-order valence-corrected chi connectivity index (χ3v) is 8.14. The van der Waals surface area contributed by atoms with Crippen molar-refractivity contribution in [3.8, 4) is 0 Å². The lowest BCUT2D eigenvalue weighted by molar-refractivity contribution is -0.123. The second kappa shape index (κ2) is 10.3. The average Bonchev–Trinajstić information content (AvgIpc) is 3.35. The molecule has 10 heteroatoms. The van der Waals surface area contributed by atoms with E-state index in [-0.39, 0.29) is 16.8 Å². The predicted molar refractivity (Wildman–Crippen MR) is 137 cm³/mol. The van der Waals surface area contributed by atoms with Crippen LogP contribution in [0.4, 0.5) is 10.1 Å². The van der Waals surface area contributed by atoms with Gasteiger partial charge in [0.2, 0.25) is 11.8 Å². The van der Waals surface area contributed by atoms with E-state index < -0.39 is 29.2 Å². The number of hydrogen-bond acceptors (Lipinski definition) is 5. The molecule has 2 aromatic rings. The van der Waals surface area contributed by atoms with Crippen LogP contribution >= 0.6 is 23.2 Å². The zero-order valence-corrected chi connectivity index (χ0v) is 21.5. The van der Waals surface area contributed by atoms with Crippen molar-refractivity contribution in [2.75, 3.05) is 44.7 Å². The summed E-state index contributed by atoms with van der Waals surface area (Å²) in [4.78, 5) is 29.7. The van der Waals surface area contributed by atoms with Crippen LogP contribution in [0, 0.1) is 5.82 Å². The van der Waals surface area contributed by atoms with Crippen LogP contribution in [0.25, 0.3) is 0 Å². The molecule has 2 fully saturated rings. The second-order valence-electron chi connectivity index (χ2n) is 9.52. The molecule has 192 valence electrons. The fourth-order valence-electron chi connectivity index (χ4n) is 6.01. The summed E-state index contributed by atoms with van der Waals surface area (Å²) >= 11 is 12.4. The van der Waals surface area contributed by atoms with Gasteiger partial charge in [0.1, 0.15) is 11.2 Å². The Morgan fingerprint density at radius 1 is 1.25 bits per heavy atom. The second-order valence-corrected chi connectivity index (χ2v) is 10.4. The molecular formula is C26H29Cl2FN4O3. The van der Waals surface area contributed by atoms with Gasteiger partial charge in [-0.3, -0.25) is 14.5 Å². The maximum atomic E-state index is 14.8. The van der Waals surface area contributed by atoms with Gasteiger partial charge in [-0.2, -0.15) is 0 Å². The van der Waals surface area contributed by atoms with Crippen molar-refractivity contribution in [2.45, 2.75) is 36.8 Å². The topological polar surface area (TPSA) is 82.7 Å². The van der Waals surface area contributed by atoms with E-state index in [0.717, 1.165) is 18.7 Å². The van der Waals surface area contributed by atoms with Gasteiger partial charge in [-0.1, -0.05) is 42.3 Å². The van der Waals surface area contributed by atoms with Gasteiger partial charge < -0.3 is 20.7 Å². The number of carbonyl (C=O) groups excluding carboxylic acids is 2. The van der Waals surface area contributed by atoms with Crippen molar-refractivity contribution >= 4 is 40.7 Å². The Kier molecular flexibility index (Phi) is 7.25. The number of ether oxygens (including phenoxy) is 1. The van der Waals surface area contributed by atoms with Gasteiger partial charge in [-0.15, -0.1) is 0 Å². The Hall–Kier alpha value is -2.23. The molecule has 2 amide bonds. The minimum absolute atomic E-state index is 0.0678. The number of benzene rings is 2. The maximum Gasteiger partial charge on any atom is 0.237 e. The van der Waals surface area contributed by atoms with Crippen LogP contribution in [0.15, 0.2) is 36.4 Å². The Labute approximate surface area is 219 Å². The van der Waals surface area contributed by atoms with Crippen LogP contribution in [0.2, 0.25) is 10.0 Å². The van der Waals surface area contributed by atoms with Crippen LogP contribution in [-0.4, -0.2) is 68.2 Å². The largest absolute Gasteiger partial charge is 0.379 e. The molecular weight excluding hydrogens is 506 g/mol. The van der Waals surface area contributed by atoms with Crippen LogP contribution in [-0.2, 0) is 19.7 Å². The quantitative estimate of drug-likeness (QED) is 0.529. The van der Waals surface area contributed by atoms with E-state index in [2.05, 4.69) is 20.9 Å². The number of fused-ring (bicyclic) bond motifs is 2. The fourth-order valence-corrected chi connectivity index (χ4v) is 6.38. The first-order valence-electron chi connectivity index (χ1n) is 12.3. The van der Waals surface area contributed by atoms with E-state index in [1.807, 2.05) is 13.0 Å². The number of nitrogens with zero attached hydrogens (tertiary/aromatic N) is 1. The molecule has 3 N–H and O–H groups in total. The first-order chi connectivity index (χ1) is 17.4. The molecule has 3 heterocycles. The number of halogens is 3. The molecule has 0 aromatic heterocycles. The highest BCUT2D eigenvalue weighted by Crippen LogP contribution is 2.55. The first kappa shape index (κ1) is 25.4. The molecule has 0 saturated carbocycles. The zero-order chi connectivity index (χ0) is 25.4. The molecule has 3 aliphatic rings. The average molecular weight is 535 g/mol. The third-order valence-electron chi connectivity index (χ3n) is 7.61.